The number of aromatic nitrogens is 1. The van der Waals surface area contributed by atoms with Gasteiger partial charge in [-0.05, 0) is 55.9 Å². The molecule has 0 aromatic carbocycles. The lowest BCUT2D eigenvalue weighted by molar-refractivity contribution is -0.118. The summed E-state index contributed by atoms with van der Waals surface area (Å²) in [5.74, 6) is 1.02. The average molecular weight is 437 g/mol. The van der Waals surface area contributed by atoms with E-state index in [4.69, 9.17) is 4.42 Å². The van der Waals surface area contributed by atoms with Crippen LogP contribution in [0.4, 0.5) is 5.13 Å². The Balaban J connectivity index is 1.57. The van der Waals surface area contributed by atoms with Crippen molar-refractivity contribution in [2.75, 3.05) is 30.4 Å². The predicted octanol–water partition coefficient (Wildman–Crippen LogP) is 3.46. The standard InChI is InChI=1S/C20H28N4O3S2/c1-14-5-3-8-24(11-14)12-15-13-29-20(21-15)23-18(25)16(7-10-28-2)22-19(26)17-6-4-9-27-17/h4,6,9,13-14,16H,3,5,7-8,10-12H2,1-2H3,(H,22,26)(H,21,23,25). The van der Waals surface area contributed by atoms with Gasteiger partial charge in [-0.1, -0.05) is 6.92 Å². The van der Waals surface area contributed by atoms with E-state index in [1.807, 2.05) is 11.6 Å². The van der Waals surface area contributed by atoms with Crippen molar-refractivity contribution in [2.24, 2.45) is 5.92 Å². The number of carbonyl (C=O) groups excluding carboxylic acids is 2. The van der Waals surface area contributed by atoms with Crippen LogP contribution in [-0.2, 0) is 11.3 Å². The third kappa shape index (κ3) is 6.58. The zero-order valence-electron chi connectivity index (χ0n) is 16.8. The van der Waals surface area contributed by atoms with Crippen molar-refractivity contribution in [3.63, 3.8) is 0 Å². The molecule has 7 nitrogen and oxygen atoms in total. The number of hydrogen-bond donors (Lipinski definition) is 2. The van der Waals surface area contributed by atoms with Crippen LogP contribution in [0.15, 0.2) is 28.2 Å². The van der Waals surface area contributed by atoms with Gasteiger partial charge in [0, 0.05) is 18.5 Å². The highest BCUT2D eigenvalue weighted by Crippen LogP contribution is 2.21. The lowest BCUT2D eigenvalue weighted by Gasteiger charge is -2.30. The van der Waals surface area contributed by atoms with E-state index in [9.17, 15) is 9.59 Å². The van der Waals surface area contributed by atoms with Crippen LogP contribution in [0.1, 0.15) is 42.4 Å². The van der Waals surface area contributed by atoms with Gasteiger partial charge < -0.3 is 15.1 Å². The van der Waals surface area contributed by atoms with Crippen LogP contribution in [0.3, 0.4) is 0 Å². The van der Waals surface area contributed by atoms with Gasteiger partial charge in [-0.3, -0.25) is 14.5 Å². The van der Waals surface area contributed by atoms with Crippen molar-refractivity contribution in [3.05, 3.63) is 35.2 Å². The van der Waals surface area contributed by atoms with E-state index in [0.29, 0.717) is 11.6 Å². The molecule has 0 aliphatic carbocycles. The van der Waals surface area contributed by atoms with Crippen LogP contribution in [0.2, 0.25) is 0 Å². The Labute approximate surface area is 179 Å². The summed E-state index contributed by atoms with van der Waals surface area (Å²) in [6, 6.07) is 2.58. The maximum atomic E-state index is 12.8. The number of anilines is 1. The summed E-state index contributed by atoms with van der Waals surface area (Å²) in [6.45, 7) is 5.28. The SMILES string of the molecule is CSCCC(NC(=O)c1ccco1)C(=O)Nc1nc(CN2CCCC(C)C2)cs1. The first-order valence-corrected chi connectivity index (χ1v) is 12.1. The molecule has 2 atom stereocenters. The average Bonchev–Trinajstić information content (AvgIpc) is 3.37. The monoisotopic (exact) mass is 436 g/mol. The van der Waals surface area contributed by atoms with Crippen molar-refractivity contribution >= 4 is 40.0 Å². The first-order valence-electron chi connectivity index (χ1n) is 9.86. The summed E-state index contributed by atoms with van der Waals surface area (Å²) in [6.07, 6.45) is 6.45. The number of rotatable bonds is 9. The molecule has 0 saturated carbocycles. The number of thioether (sulfide) groups is 1. The van der Waals surface area contributed by atoms with Gasteiger partial charge in [0.1, 0.15) is 6.04 Å². The molecule has 1 saturated heterocycles. The Morgan fingerprint density at radius 2 is 2.34 bits per heavy atom. The summed E-state index contributed by atoms with van der Waals surface area (Å²) < 4.78 is 5.12. The number of likely N-dealkylation sites (tertiary alicyclic amines) is 1. The summed E-state index contributed by atoms with van der Waals surface area (Å²) in [5, 5.41) is 8.18. The smallest absolute Gasteiger partial charge is 0.287 e. The Morgan fingerprint density at radius 1 is 1.48 bits per heavy atom. The van der Waals surface area contributed by atoms with Crippen molar-refractivity contribution < 1.29 is 14.0 Å². The van der Waals surface area contributed by atoms with Crippen LogP contribution in [0, 0.1) is 5.92 Å². The molecule has 2 N–H and O–H groups in total. The zero-order chi connectivity index (χ0) is 20.6. The molecule has 1 fully saturated rings. The molecule has 2 unspecified atom stereocenters. The van der Waals surface area contributed by atoms with Crippen molar-refractivity contribution in [1.29, 1.82) is 0 Å². The molecule has 2 aromatic heterocycles. The normalized spacial score (nSPS) is 18.3. The second-order valence-electron chi connectivity index (χ2n) is 7.40. The molecule has 2 aromatic rings. The molecule has 2 amide bonds. The minimum atomic E-state index is -0.643. The topological polar surface area (TPSA) is 87.5 Å². The van der Waals surface area contributed by atoms with Crippen LogP contribution in [0.5, 0.6) is 0 Å². The fourth-order valence-electron chi connectivity index (χ4n) is 3.43. The van der Waals surface area contributed by atoms with Gasteiger partial charge >= 0.3 is 0 Å². The second kappa shape index (κ2) is 10.8. The van der Waals surface area contributed by atoms with Crippen LogP contribution >= 0.6 is 23.1 Å². The van der Waals surface area contributed by atoms with Gasteiger partial charge in [-0.15, -0.1) is 11.3 Å². The van der Waals surface area contributed by atoms with E-state index < -0.39 is 11.9 Å². The lowest BCUT2D eigenvalue weighted by Crippen LogP contribution is -2.44. The molecule has 158 valence electrons. The third-order valence-electron chi connectivity index (χ3n) is 4.89. The Kier molecular flexibility index (Phi) is 8.14. The van der Waals surface area contributed by atoms with E-state index >= 15 is 0 Å². The predicted molar refractivity (Wildman–Crippen MR) is 117 cm³/mol. The number of hydrogen-bond acceptors (Lipinski definition) is 7. The molecular weight excluding hydrogens is 408 g/mol. The van der Waals surface area contributed by atoms with E-state index in [1.54, 1.807) is 23.9 Å². The zero-order valence-corrected chi connectivity index (χ0v) is 18.5. The molecule has 0 spiro atoms. The number of furan rings is 1. The van der Waals surface area contributed by atoms with Gasteiger partial charge in [0.15, 0.2) is 10.9 Å². The highest BCUT2D eigenvalue weighted by molar-refractivity contribution is 7.98. The number of amides is 2. The van der Waals surface area contributed by atoms with Crippen molar-refractivity contribution in [1.82, 2.24) is 15.2 Å². The molecule has 29 heavy (non-hydrogen) atoms. The molecule has 9 heteroatoms. The van der Waals surface area contributed by atoms with Crippen molar-refractivity contribution in [2.45, 2.75) is 38.8 Å². The molecule has 1 aliphatic rings. The highest BCUT2D eigenvalue weighted by atomic mass is 32.2. The summed E-state index contributed by atoms with van der Waals surface area (Å²) in [7, 11) is 0. The van der Waals surface area contributed by atoms with Gasteiger partial charge in [0.25, 0.3) is 5.91 Å². The Morgan fingerprint density at radius 3 is 3.07 bits per heavy atom. The number of thiazole rings is 1. The Bertz CT molecular complexity index is 794. The number of carbonyl (C=O) groups is 2. The largest absolute Gasteiger partial charge is 0.459 e. The summed E-state index contributed by atoms with van der Waals surface area (Å²) >= 11 is 3.05. The molecular formula is C20H28N4O3S2. The first kappa shape index (κ1) is 21.9. The van der Waals surface area contributed by atoms with E-state index in [2.05, 4.69) is 27.4 Å². The van der Waals surface area contributed by atoms with Gasteiger partial charge in [-0.25, -0.2) is 4.98 Å². The fraction of sp³-hybridized carbons (Fsp3) is 0.550. The van der Waals surface area contributed by atoms with Crippen LogP contribution in [-0.4, -0.2) is 52.8 Å². The molecule has 3 rings (SSSR count). The molecule has 0 radical (unpaired) electrons. The second-order valence-corrected chi connectivity index (χ2v) is 9.24. The fourth-order valence-corrected chi connectivity index (χ4v) is 4.61. The van der Waals surface area contributed by atoms with Crippen molar-refractivity contribution in [3.8, 4) is 0 Å². The van der Waals surface area contributed by atoms with Gasteiger partial charge in [0.2, 0.25) is 5.91 Å². The number of nitrogens with one attached hydrogen (secondary N) is 2. The quantitative estimate of drug-likeness (QED) is 0.626. The van der Waals surface area contributed by atoms with Gasteiger partial charge in [0.05, 0.1) is 12.0 Å². The van der Waals surface area contributed by atoms with E-state index in [-0.39, 0.29) is 11.7 Å². The first-order chi connectivity index (χ1) is 14.0. The molecule has 3 heterocycles. The minimum Gasteiger partial charge on any atom is -0.459 e. The maximum Gasteiger partial charge on any atom is 0.287 e. The maximum absolute atomic E-state index is 12.8. The summed E-state index contributed by atoms with van der Waals surface area (Å²) in [4.78, 5) is 32.0. The van der Waals surface area contributed by atoms with Crippen LogP contribution < -0.4 is 10.6 Å². The molecule has 0 bridgehead atoms. The number of nitrogens with zero attached hydrogens (tertiary/aromatic N) is 2. The van der Waals surface area contributed by atoms with Crippen LogP contribution in [0.25, 0.3) is 0 Å². The van der Waals surface area contributed by atoms with E-state index in [1.165, 1.54) is 30.4 Å². The Hall–Kier alpha value is -1.84. The molecule has 1 aliphatic heterocycles. The lowest BCUT2D eigenvalue weighted by atomic mass is 10.0. The number of piperidine rings is 1. The third-order valence-corrected chi connectivity index (χ3v) is 6.34. The highest BCUT2D eigenvalue weighted by Gasteiger charge is 2.23. The van der Waals surface area contributed by atoms with Gasteiger partial charge in [-0.2, -0.15) is 11.8 Å². The summed E-state index contributed by atoms with van der Waals surface area (Å²) in [5.41, 5.74) is 0.972. The minimum absolute atomic E-state index is 0.194. The van der Waals surface area contributed by atoms with E-state index in [0.717, 1.165) is 37.0 Å².